The molecule has 2 aromatic heterocycles. The maximum atomic E-state index is 12.5. The van der Waals surface area contributed by atoms with Crippen molar-refractivity contribution in [3.8, 4) is 0 Å². The number of hydrogen-bond acceptors (Lipinski definition) is 6. The van der Waals surface area contributed by atoms with Crippen LogP contribution in [0.2, 0.25) is 0 Å². The van der Waals surface area contributed by atoms with Gasteiger partial charge in [-0.05, 0) is 42.7 Å². The number of nitrogen functional groups attached to an aromatic ring is 1. The number of anilines is 1. The topological polar surface area (TPSA) is 85.9 Å². The summed E-state index contributed by atoms with van der Waals surface area (Å²) in [7, 11) is 0. The van der Waals surface area contributed by atoms with Gasteiger partial charge in [-0.2, -0.15) is 0 Å². The third-order valence-electron chi connectivity index (χ3n) is 4.19. The predicted molar refractivity (Wildman–Crippen MR) is 105 cm³/mol. The van der Waals surface area contributed by atoms with Crippen molar-refractivity contribution < 1.29 is 9.59 Å². The van der Waals surface area contributed by atoms with Crippen LogP contribution in [-0.4, -0.2) is 21.5 Å². The first kappa shape index (κ1) is 18.2. The number of Topliss-reactive ketones (excluding diaryl/α,β-unsaturated/α-hetero) is 2. The monoisotopic (exact) mass is 367 g/mol. The van der Waals surface area contributed by atoms with Gasteiger partial charge in [0.1, 0.15) is 11.4 Å². The second-order valence-electron chi connectivity index (χ2n) is 6.21. The Kier molecular flexibility index (Phi) is 5.73. The molecule has 5 nitrogen and oxygen atoms in total. The highest BCUT2D eigenvalue weighted by Gasteiger charge is 2.12. The van der Waals surface area contributed by atoms with Gasteiger partial charge in [-0.15, -0.1) is 0 Å². The molecule has 0 bridgehead atoms. The van der Waals surface area contributed by atoms with Gasteiger partial charge in [0.15, 0.2) is 16.7 Å². The molecule has 6 heteroatoms. The molecule has 26 heavy (non-hydrogen) atoms. The number of nitrogens with zero attached hydrogens (tertiary/aromatic N) is 2. The first-order chi connectivity index (χ1) is 12.6. The van der Waals surface area contributed by atoms with E-state index in [1.807, 2.05) is 25.1 Å². The van der Waals surface area contributed by atoms with Gasteiger partial charge in [-0.1, -0.05) is 36.8 Å². The smallest absolute Gasteiger partial charge is 0.181 e. The van der Waals surface area contributed by atoms with Crippen molar-refractivity contribution in [3.05, 3.63) is 53.3 Å². The van der Waals surface area contributed by atoms with E-state index in [4.69, 9.17) is 5.73 Å². The third-order valence-corrected chi connectivity index (χ3v) is 5.04. The lowest BCUT2D eigenvalue weighted by molar-refractivity contribution is 0.0972. The molecule has 0 aliphatic heterocycles. The lowest BCUT2D eigenvalue weighted by Crippen LogP contribution is -2.09. The Labute approximate surface area is 156 Å². The van der Waals surface area contributed by atoms with E-state index in [0.29, 0.717) is 35.8 Å². The number of carbonyl (C=O) groups excluding carboxylic acids is 2. The van der Waals surface area contributed by atoms with Crippen LogP contribution in [0, 0.1) is 0 Å². The number of benzene rings is 1. The van der Waals surface area contributed by atoms with Crippen molar-refractivity contribution >= 4 is 38.3 Å². The van der Waals surface area contributed by atoms with E-state index in [-0.39, 0.29) is 11.6 Å². The number of hydrogen-bond donors (Lipinski definition) is 1. The molecule has 1 aromatic carbocycles. The van der Waals surface area contributed by atoms with Crippen LogP contribution >= 0.6 is 11.3 Å². The van der Waals surface area contributed by atoms with Gasteiger partial charge < -0.3 is 5.73 Å². The summed E-state index contributed by atoms with van der Waals surface area (Å²) in [5, 5.41) is 0.544. The summed E-state index contributed by atoms with van der Waals surface area (Å²) in [5.41, 5.74) is 8.40. The van der Waals surface area contributed by atoms with Crippen molar-refractivity contribution in [2.75, 3.05) is 5.73 Å². The summed E-state index contributed by atoms with van der Waals surface area (Å²) in [6.45, 7) is 2.04. The van der Waals surface area contributed by atoms with Crippen LogP contribution in [0.15, 0.2) is 36.4 Å². The highest BCUT2D eigenvalue weighted by Crippen LogP contribution is 2.25. The Balaban J connectivity index is 1.66. The van der Waals surface area contributed by atoms with Gasteiger partial charge in [0.25, 0.3) is 0 Å². The summed E-state index contributed by atoms with van der Waals surface area (Å²) in [6, 6.07) is 11.0. The minimum Gasteiger partial charge on any atom is -0.375 e. The van der Waals surface area contributed by atoms with Gasteiger partial charge in [0.2, 0.25) is 0 Å². The molecule has 0 fully saturated rings. The second-order valence-corrected chi connectivity index (χ2v) is 7.27. The number of nitrogens with two attached hydrogens (primary N) is 1. The van der Waals surface area contributed by atoms with E-state index < -0.39 is 0 Å². The molecule has 3 rings (SSSR count). The highest BCUT2D eigenvalue weighted by molar-refractivity contribution is 7.22. The number of unbranched alkanes of at least 4 members (excludes halogenated alkanes) is 1. The number of fused-ring (bicyclic) bond motifs is 1. The van der Waals surface area contributed by atoms with Crippen LogP contribution in [-0.2, 0) is 6.42 Å². The molecule has 0 aliphatic carbocycles. The average Bonchev–Trinajstić information content (AvgIpc) is 3.03. The molecule has 2 heterocycles. The molecule has 2 N–H and O–H groups in total. The summed E-state index contributed by atoms with van der Waals surface area (Å²) in [5.74, 6) is -0.0613. The van der Waals surface area contributed by atoms with Crippen LogP contribution < -0.4 is 5.73 Å². The van der Waals surface area contributed by atoms with Crippen LogP contribution in [0.3, 0.4) is 0 Å². The van der Waals surface area contributed by atoms with Crippen LogP contribution in [0.5, 0.6) is 0 Å². The van der Waals surface area contributed by atoms with Gasteiger partial charge in [-0.3, -0.25) is 9.59 Å². The van der Waals surface area contributed by atoms with E-state index >= 15 is 0 Å². The number of aryl methyl sites for hydroxylation is 1. The SMILES string of the molecule is CCCCC(=O)c1cccc(C(=O)CCc2ccc3nc(N)sc3c2)n1. The summed E-state index contributed by atoms with van der Waals surface area (Å²) < 4.78 is 1.02. The maximum Gasteiger partial charge on any atom is 0.181 e. The number of rotatable bonds is 8. The minimum atomic E-state index is -0.0564. The number of carbonyl (C=O) groups is 2. The molecule has 0 atom stereocenters. The number of thiazole rings is 1. The van der Waals surface area contributed by atoms with E-state index in [9.17, 15) is 9.59 Å². The lowest BCUT2D eigenvalue weighted by atomic mass is 10.0. The second kappa shape index (κ2) is 8.19. The minimum absolute atomic E-state index is 0.00487. The molecular formula is C20H21N3O2S. The molecular weight excluding hydrogens is 346 g/mol. The van der Waals surface area contributed by atoms with Crippen molar-refractivity contribution in [1.82, 2.24) is 9.97 Å². The Hall–Kier alpha value is -2.60. The first-order valence-electron chi connectivity index (χ1n) is 8.75. The third kappa shape index (κ3) is 4.32. The largest absolute Gasteiger partial charge is 0.375 e. The summed E-state index contributed by atoms with van der Waals surface area (Å²) >= 11 is 1.44. The maximum absolute atomic E-state index is 12.5. The number of ketones is 2. The van der Waals surface area contributed by atoms with Gasteiger partial charge >= 0.3 is 0 Å². The molecule has 0 saturated carbocycles. The summed E-state index contributed by atoms with van der Waals surface area (Å²) in [6.07, 6.45) is 3.23. The number of pyridine rings is 1. The van der Waals surface area contributed by atoms with Gasteiger partial charge in [-0.25, -0.2) is 9.97 Å². The van der Waals surface area contributed by atoms with Crippen molar-refractivity contribution in [2.24, 2.45) is 0 Å². The van der Waals surface area contributed by atoms with Gasteiger partial charge in [0.05, 0.1) is 10.2 Å². The Morgan fingerprint density at radius 3 is 2.50 bits per heavy atom. The quantitative estimate of drug-likeness (QED) is 0.594. The van der Waals surface area contributed by atoms with Crippen LogP contribution in [0.25, 0.3) is 10.2 Å². The number of aromatic nitrogens is 2. The molecule has 0 radical (unpaired) electrons. The zero-order chi connectivity index (χ0) is 18.5. The van der Waals surface area contributed by atoms with E-state index in [2.05, 4.69) is 9.97 Å². The fourth-order valence-electron chi connectivity index (χ4n) is 2.74. The highest BCUT2D eigenvalue weighted by atomic mass is 32.1. The molecule has 0 aliphatic rings. The zero-order valence-corrected chi connectivity index (χ0v) is 15.5. The Morgan fingerprint density at radius 1 is 1.04 bits per heavy atom. The van der Waals surface area contributed by atoms with Crippen molar-refractivity contribution in [2.45, 2.75) is 39.0 Å². The molecule has 0 spiro atoms. The van der Waals surface area contributed by atoms with E-state index in [0.717, 1.165) is 28.6 Å². The molecule has 0 saturated heterocycles. The van der Waals surface area contributed by atoms with E-state index in [1.54, 1.807) is 18.2 Å². The van der Waals surface area contributed by atoms with Crippen molar-refractivity contribution in [3.63, 3.8) is 0 Å². The predicted octanol–water partition coefficient (Wildman–Crippen LogP) is 4.46. The van der Waals surface area contributed by atoms with Crippen molar-refractivity contribution in [1.29, 1.82) is 0 Å². The van der Waals surface area contributed by atoms with Gasteiger partial charge in [0, 0.05) is 12.8 Å². The molecule has 0 amide bonds. The fraction of sp³-hybridized carbons (Fsp3) is 0.300. The van der Waals surface area contributed by atoms with Crippen LogP contribution in [0.4, 0.5) is 5.13 Å². The van der Waals surface area contributed by atoms with E-state index in [1.165, 1.54) is 11.3 Å². The molecule has 3 aromatic rings. The van der Waals surface area contributed by atoms with Crippen LogP contribution in [0.1, 0.15) is 59.1 Å². The molecule has 0 unspecified atom stereocenters. The standard InChI is InChI=1S/C20H21N3O2S/c1-2-3-7-17(24)14-5-4-6-15(22-14)18(25)11-9-13-8-10-16-19(12-13)26-20(21)23-16/h4-6,8,10,12H,2-3,7,9,11H2,1H3,(H2,21,23). The normalized spacial score (nSPS) is 11.0. The fourth-order valence-corrected chi connectivity index (χ4v) is 3.54. The lowest BCUT2D eigenvalue weighted by Gasteiger charge is -2.04. The average molecular weight is 367 g/mol. The first-order valence-corrected chi connectivity index (χ1v) is 9.57. The summed E-state index contributed by atoms with van der Waals surface area (Å²) in [4.78, 5) is 33.1. The molecule has 134 valence electrons. The Bertz CT molecular complexity index is 949. The Morgan fingerprint density at radius 2 is 1.77 bits per heavy atom. The zero-order valence-electron chi connectivity index (χ0n) is 14.7.